The van der Waals surface area contributed by atoms with Crippen molar-refractivity contribution in [2.75, 3.05) is 0 Å². The van der Waals surface area contributed by atoms with Crippen molar-refractivity contribution in [3.63, 3.8) is 0 Å². The number of nitrogens with zero attached hydrogens (tertiary/aromatic N) is 2. The van der Waals surface area contributed by atoms with Gasteiger partial charge < -0.3 is 0 Å². The average Bonchev–Trinajstić information content (AvgIpc) is 3.07. The van der Waals surface area contributed by atoms with Gasteiger partial charge in [0.25, 0.3) is 0 Å². The molecule has 0 aliphatic carbocycles. The van der Waals surface area contributed by atoms with E-state index in [4.69, 9.17) is 0 Å². The number of fused-ring (bicyclic) bond motifs is 1. The minimum absolute atomic E-state index is 0.599. The lowest BCUT2D eigenvalue weighted by Crippen LogP contribution is -2.35. The first-order chi connectivity index (χ1) is 11.1. The van der Waals surface area contributed by atoms with E-state index in [9.17, 15) is 0 Å². The number of thioether (sulfide) groups is 1. The first-order valence-electron chi connectivity index (χ1n) is 7.45. The minimum Gasteiger partial charge on any atom is -0.216 e. The van der Waals surface area contributed by atoms with Crippen LogP contribution in [0.25, 0.3) is 16.9 Å². The topological polar surface area (TPSA) is 8.81 Å². The number of imidazole rings is 1. The van der Waals surface area contributed by atoms with Crippen LogP contribution in [-0.2, 0) is 6.54 Å². The van der Waals surface area contributed by atoms with E-state index in [2.05, 4.69) is 103 Å². The lowest BCUT2D eigenvalue weighted by Gasteiger charge is -2.00. The van der Waals surface area contributed by atoms with Gasteiger partial charge in [0.1, 0.15) is 18.4 Å². The van der Waals surface area contributed by atoms with Crippen LogP contribution in [0.5, 0.6) is 0 Å². The SMILES string of the molecule is CC1C[n+]2c(-c3ccc(Br)cc3)cn(-c3ccc(Br)cc3)c2S1. The molecule has 1 atom stereocenters. The second-order valence-electron chi connectivity index (χ2n) is 5.69. The summed E-state index contributed by atoms with van der Waals surface area (Å²) in [6.07, 6.45) is 2.25. The van der Waals surface area contributed by atoms with Crippen LogP contribution in [0.1, 0.15) is 6.92 Å². The molecule has 0 saturated carbocycles. The Hall–Kier alpha value is -1.04. The highest BCUT2D eigenvalue weighted by Gasteiger charge is 2.34. The Balaban J connectivity index is 1.87. The normalized spacial score (nSPS) is 16.6. The highest BCUT2D eigenvalue weighted by Crippen LogP contribution is 2.33. The summed E-state index contributed by atoms with van der Waals surface area (Å²) in [5.41, 5.74) is 3.72. The molecule has 3 aromatic rings. The van der Waals surface area contributed by atoms with Crippen molar-refractivity contribution in [2.45, 2.75) is 23.9 Å². The quantitative estimate of drug-likeness (QED) is 0.471. The third kappa shape index (κ3) is 2.90. The summed E-state index contributed by atoms with van der Waals surface area (Å²) in [5.74, 6) is 0. The van der Waals surface area contributed by atoms with Gasteiger partial charge in [-0.05, 0) is 67.2 Å². The van der Waals surface area contributed by atoms with Crippen LogP contribution in [0.15, 0.2) is 68.8 Å². The molecule has 2 heterocycles. The van der Waals surface area contributed by atoms with Crippen molar-refractivity contribution in [1.29, 1.82) is 0 Å². The molecule has 0 spiro atoms. The Kier molecular flexibility index (Phi) is 4.12. The van der Waals surface area contributed by atoms with E-state index in [1.807, 2.05) is 11.8 Å². The molecule has 1 aliphatic heterocycles. The molecule has 0 radical (unpaired) electrons. The lowest BCUT2D eigenvalue weighted by atomic mass is 10.1. The summed E-state index contributed by atoms with van der Waals surface area (Å²) >= 11 is 8.97. The molecule has 4 rings (SSSR count). The number of rotatable bonds is 2. The fourth-order valence-electron chi connectivity index (χ4n) is 2.89. The van der Waals surface area contributed by atoms with Crippen LogP contribution >= 0.6 is 43.6 Å². The molecule has 1 unspecified atom stereocenters. The van der Waals surface area contributed by atoms with Crippen LogP contribution < -0.4 is 4.57 Å². The molecule has 0 fully saturated rings. The Morgan fingerprint density at radius 2 is 1.61 bits per heavy atom. The number of hydrogen-bond donors (Lipinski definition) is 0. The number of hydrogen-bond acceptors (Lipinski definition) is 1. The van der Waals surface area contributed by atoms with Crippen molar-refractivity contribution < 1.29 is 4.57 Å². The molecule has 0 amide bonds. The summed E-state index contributed by atoms with van der Waals surface area (Å²) in [5, 5.41) is 1.90. The molecular weight excluding hydrogens is 436 g/mol. The predicted octanol–water partition coefficient (Wildman–Crippen LogP) is 5.45. The predicted molar refractivity (Wildman–Crippen MR) is 102 cm³/mol. The standard InChI is InChI=1S/C18H15Br2N2S/c1-12-10-22-17(13-2-4-14(19)5-3-13)11-21(18(22)23-12)16-8-6-15(20)7-9-16/h2-9,11-12H,10H2,1H3/q+1. The van der Waals surface area contributed by atoms with Gasteiger partial charge in [-0.25, -0.2) is 4.57 Å². The molecule has 5 heteroatoms. The van der Waals surface area contributed by atoms with E-state index >= 15 is 0 Å². The molecule has 116 valence electrons. The van der Waals surface area contributed by atoms with Gasteiger partial charge in [0.2, 0.25) is 0 Å². The third-order valence-electron chi connectivity index (χ3n) is 3.97. The van der Waals surface area contributed by atoms with Crippen molar-refractivity contribution in [2.24, 2.45) is 0 Å². The Labute approximate surface area is 156 Å². The Morgan fingerprint density at radius 1 is 1.00 bits per heavy atom. The van der Waals surface area contributed by atoms with Crippen molar-refractivity contribution in [3.8, 4) is 16.9 Å². The largest absolute Gasteiger partial charge is 0.324 e. The summed E-state index contributed by atoms with van der Waals surface area (Å²) in [7, 11) is 0. The lowest BCUT2D eigenvalue weighted by molar-refractivity contribution is -0.715. The van der Waals surface area contributed by atoms with Crippen LogP contribution in [0.2, 0.25) is 0 Å². The minimum atomic E-state index is 0.599. The highest BCUT2D eigenvalue weighted by molar-refractivity contribution is 9.10. The zero-order valence-electron chi connectivity index (χ0n) is 12.5. The first-order valence-corrected chi connectivity index (χ1v) is 9.92. The van der Waals surface area contributed by atoms with Crippen LogP contribution in [0.4, 0.5) is 0 Å². The molecule has 0 saturated heterocycles. The maximum atomic E-state index is 3.52. The Bertz CT molecular complexity index is 784. The van der Waals surface area contributed by atoms with Gasteiger partial charge in [0, 0.05) is 14.5 Å². The summed E-state index contributed by atoms with van der Waals surface area (Å²) in [6.45, 7) is 3.34. The van der Waals surface area contributed by atoms with Crippen LogP contribution in [0.3, 0.4) is 0 Å². The van der Waals surface area contributed by atoms with E-state index in [0.717, 1.165) is 15.5 Å². The second-order valence-corrected chi connectivity index (χ2v) is 8.93. The third-order valence-corrected chi connectivity index (χ3v) is 6.21. The monoisotopic (exact) mass is 449 g/mol. The van der Waals surface area contributed by atoms with E-state index in [-0.39, 0.29) is 0 Å². The molecule has 0 bridgehead atoms. The highest BCUT2D eigenvalue weighted by atomic mass is 79.9. The summed E-state index contributed by atoms with van der Waals surface area (Å²) in [6, 6.07) is 17.0. The van der Waals surface area contributed by atoms with Crippen molar-refractivity contribution in [3.05, 3.63) is 63.7 Å². The zero-order chi connectivity index (χ0) is 16.0. The zero-order valence-corrected chi connectivity index (χ0v) is 16.5. The van der Waals surface area contributed by atoms with Gasteiger partial charge in [-0.2, -0.15) is 4.57 Å². The number of benzene rings is 2. The van der Waals surface area contributed by atoms with Crippen LogP contribution in [0, 0.1) is 0 Å². The molecule has 1 aromatic heterocycles. The van der Waals surface area contributed by atoms with E-state index < -0.39 is 0 Å². The number of aromatic nitrogens is 2. The van der Waals surface area contributed by atoms with Gasteiger partial charge >= 0.3 is 5.16 Å². The summed E-state index contributed by atoms with van der Waals surface area (Å²) < 4.78 is 6.95. The second kappa shape index (κ2) is 6.11. The number of halogens is 2. The molecule has 23 heavy (non-hydrogen) atoms. The van der Waals surface area contributed by atoms with Gasteiger partial charge in [-0.3, -0.25) is 0 Å². The fourth-order valence-corrected chi connectivity index (χ4v) is 4.57. The van der Waals surface area contributed by atoms with Gasteiger partial charge in [-0.1, -0.05) is 31.9 Å². The smallest absolute Gasteiger partial charge is 0.216 e. The maximum Gasteiger partial charge on any atom is 0.324 e. The molecule has 2 aromatic carbocycles. The molecule has 0 N–H and O–H groups in total. The first kappa shape index (κ1) is 15.5. The Morgan fingerprint density at radius 3 is 2.26 bits per heavy atom. The van der Waals surface area contributed by atoms with Crippen LogP contribution in [-0.4, -0.2) is 9.82 Å². The van der Waals surface area contributed by atoms with Gasteiger partial charge in [-0.15, -0.1) is 0 Å². The molecular formula is C18H15Br2N2S+. The molecule has 1 aliphatic rings. The van der Waals surface area contributed by atoms with Gasteiger partial charge in [0.05, 0.1) is 5.25 Å². The maximum absolute atomic E-state index is 3.52. The molecule has 2 nitrogen and oxygen atoms in total. The fraction of sp³-hybridized carbons (Fsp3) is 0.167. The van der Waals surface area contributed by atoms with E-state index in [1.165, 1.54) is 22.1 Å². The average molecular weight is 451 g/mol. The summed E-state index contributed by atoms with van der Waals surface area (Å²) in [4.78, 5) is 0. The van der Waals surface area contributed by atoms with E-state index in [0.29, 0.717) is 5.25 Å². The van der Waals surface area contributed by atoms with E-state index in [1.54, 1.807) is 0 Å². The van der Waals surface area contributed by atoms with Gasteiger partial charge in [0.15, 0.2) is 5.69 Å². The van der Waals surface area contributed by atoms with Crippen molar-refractivity contribution >= 4 is 43.6 Å². The van der Waals surface area contributed by atoms with Crippen molar-refractivity contribution in [1.82, 2.24) is 4.57 Å².